The Morgan fingerprint density at radius 3 is 1.97 bits per heavy atom. The Morgan fingerprint density at radius 1 is 0.906 bits per heavy atom. The Labute approximate surface area is 189 Å². The van der Waals surface area contributed by atoms with Gasteiger partial charge in [-0.3, -0.25) is 14.4 Å². The lowest BCUT2D eigenvalue weighted by atomic mass is 10.0. The summed E-state index contributed by atoms with van der Waals surface area (Å²) in [4.78, 5) is 49.1. The van der Waals surface area contributed by atoms with Crippen LogP contribution < -0.4 is 16.0 Å². The summed E-state index contributed by atoms with van der Waals surface area (Å²) in [5.41, 5.74) is 0.0579. The van der Waals surface area contributed by atoms with Crippen LogP contribution in [0.25, 0.3) is 0 Å². The SMILES string of the molecule is CC(C)C[C@H](NC(=O)OC(C)(C)C)C(=O)N[C@@H](Cc1ccccc1)C(=O)N[C@@H](C)C(=O)O. The van der Waals surface area contributed by atoms with Gasteiger partial charge in [-0.05, 0) is 45.6 Å². The number of amides is 3. The minimum atomic E-state index is -1.19. The van der Waals surface area contributed by atoms with Crippen molar-refractivity contribution >= 4 is 23.9 Å². The Morgan fingerprint density at radius 2 is 1.47 bits per heavy atom. The Hall–Kier alpha value is -3.10. The molecule has 0 aliphatic carbocycles. The van der Waals surface area contributed by atoms with Crippen LogP contribution >= 0.6 is 0 Å². The number of nitrogens with one attached hydrogen (secondary N) is 3. The molecular weight excluding hydrogens is 414 g/mol. The molecule has 1 rings (SSSR count). The average Bonchev–Trinajstić information content (AvgIpc) is 2.65. The molecule has 0 unspecified atom stereocenters. The number of benzene rings is 1. The molecule has 3 atom stereocenters. The first-order chi connectivity index (χ1) is 14.8. The van der Waals surface area contributed by atoms with Crippen molar-refractivity contribution in [1.29, 1.82) is 0 Å². The van der Waals surface area contributed by atoms with Gasteiger partial charge in [0.25, 0.3) is 0 Å². The lowest BCUT2D eigenvalue weighted by Gasteiger charge is -2.26. The summed E-state index contributed by atoms with van der Waals surface area (Å²) in [5.74, 6) is -2.29. The highest BCUT2D eigenvalue weighted by Crippen LogP contribution is 2.11. The van der Waals surface area contributed by atoms with E-state index in [1.807, 2.05) is 19.9 Å². The van der Waals surface area contributed by atoms with Crippen molar-refractivity contribution < 1.29 is 29.0 Å². The number of carbonyl (C=O) groups is 4. The van der Waals surface area contributed by atoms with Crippen molar-refractivity contribution in [3.8, 4) is 0 Å². The second-order valence-corrected chi connectivity index (χ2v) is 9.15. The zero-order valence-electron chi connectivity index (χ0n) is 19.6. The number of hydrogen-bond donors (Lipinski definition) is 4. The third kappa shape index (κ3) is 10.3. The molecule has 1 aromatic carbocycles. The van der Waals surface area contributed by atoms with Crippen molar-refractivity contribution in [2.45, 2.75) is 78.1 Å². The minimum absolute atomic E-state index is 0.0779. The molecule has 178 valence electrons. The summed E-state index contributed by atoms with van der Waals surface area (Å²) in [6.07, 6.45) is -0.246. The molecule has 0 aliphatic rings. The van der Waals surface area contributed by atoms with Gasteiger partial charge >= 0.3 is 12.1 Å². The van der Waals surface area contributed by atoms with E-state index in [0.29, 0.717) is 6.42 Å². The van der Waals surface area contributed by atoms with Crippen LogP contribution in [-0.4, -0.2) is 52.7 Å². The van der Waals surface area contributed by atoms with Gasteiger partial charge < -0.3 is 25.8 Å². The topological polar surface area (TPSA) is 134 Å². The molecule has 9 heteroatoms. The summed E-state index contributed by atoms with van der Waals surface area (Å²) in [7, 11) is 0. The van der Waals surface area contributed by atoms with E-state index in [-0.39, 0.29) is 12.3 Å². The minimum Gasteiger partial charge on any atom is -0.480 e. The maximum atomic E-state index is 13.0. The molecule has 32 heavy (non-hydrogen) atoms. The molecule has 4 N–H and O–H groups in total. The van der Waals surface area contributed by atoms with Crippen molar-refractivity contribution in [3.63, 3.8) is 0 Å². The highest BCUT2D eigenvalue weighted by atomic mass is 16.6. The van der Waals surface area contributed by atoms with Crippen LogP contribution in [0.3, 0.4) is 0 Å². The van der Waals surface area contributed by atoms with Crippen molar-refractivity contribution in [2.24, 2.45) is 5.92 Å². The summed E-state index contributed by atoms with van der Waals surface area (Å²) in [6.45, 7) is 10.3. The third-order valence-corrected chi connectivity index (χ3v) is 4.36. The van der Waals surface area contributed by atoms with E-state index in [1.165, 1.54) is 6.92 Å². The van der Waals surface area contributed by atoms with Crippen LogP contribution in [0.5, 0.6) is 0 Å². The monoisotopic (exact) mass is 449 g/mol. The van der Waals surface area contributed by atoms with Crippen LogP contribution in [0.2, 0.25) is 0 Å². The quantitative estimate of drug-likeness (QED) is 0.433. The maximum Gasteiger partial charge on any atom is 0.408 e. The van der Waals surface area contributed by atoms with Crippen molar-refractivity contribution in [3.05, 3.63) is 35.9 Å². The highest BCUT2D eigenvalue weighted by Gasteiger charge is 2.30. The molecule has 9 nitrogen and oxygen atoms in total. The Balaban J connectivity index is 3.02. The molecule has 0 heterocycles. The second-order valence-electron chi connectivity index (χ2n) is 9.15. The first-order valence-corrected chi connectivity index (χ1v) is 10.7. The molecule has 0 aliphatic heterocycles. The molecule has 0 fully saturated rings. The number of aliphatic carboxylic acids is 1. The highest BCUT2D eigenvalue weighted by molar-refractivity contribution is 5.93. The molecular formula is C23H35N3O6. The average molecular weight is 450 g/mol. The Kier molecular flexibility index (Phi) is 10.2. The van der Waals surface area contributed by atoms with Crippen LogP contribution in [-0.2, 0) is 25.5 Å². The van der Waals surface area contributed by atoms with Crippen LogP contribution in [0.4, 0.5) is 4.79 Å². The van der Waals surface area contributed by atoms with Crippen LogP contribution in [0, 0.1) is 5.92 Å². The number of carboxylic acids is 1. The van der Waals surface area contributed by atoms with Gasteiger partial charge in [-0.1, -0.05) is 44.2 Å². The van der Waals surface area contributed by atoms with Gasteiger partial charge in [-0.2, -0.15) is 0 Å². The number of rotatable bonds is 10. The van der Waals surface area contributed by atoms with E-state index in [9.17, 15) is 19.2 Å². The molecule has 1 aromatic rings. The second kappa shape index (κ2) is 12.1. The number of hydrogen-bond acceptors (Lipinski definition) is 5. The zero-order valence-corrected chi connectivity index (χ0v) is 19.6. The van der Waals surface area contributed by atoms with Gasteiger partial charge in [-0.15, -0.1) is 0 Å². The van der Waals surface area contributed by atoms with Gasteiger partial charge in [0.15, 0.2) is 0 Å². The predicted octanol–water partition coefficient (Wildman–Crippen LogP) is 2.24. The first-order valence-electron chi connectivity index (χ1n) is 10.7. The van der Waals surface area contributed by atoms with Crippen molar-refractivity contribution in [1.82, 2.24) is 16.0 Å². The van der Waals surface area contributed by atoms with E-state index in [0.717, 1.165) is 5.56 Å². The summed E-state index contributed by atoms with van der Waals surface area (Å²) < 4.78 is 5.25. The number of carbonyl (C=O) groups excluding carboxylic acids is 3. The van der Waals surface area contributed by atoms with Crippen molar-refractivity contribution in [2.75, 3.05) is 0 Å². The fourth-order valence-corrected chi connectivity index (χ4v) is 2.86. The number of carboxylic acid groups (broad SMARTS) is 1. The zero-order chi connectivity index (χ0) is 24.5. The third-order valence-electron chi connectivity index (χ3n) is 4.36. The molecule has 3 amide bonds. The fourth-order valence-electron chi connectivity index (χ4n) is 2.86. The van der Waals surface area contributed by atoms with E-state index in [1.54, 1.807) is 45.0 Å². The molecule has 0 radical (unpaired) electrons. The molecule has 0 spiro atoms. The summed E-state index contributed by atoms with van der Waals surface area (Å²) in [6, 6.07) is 5.97. The number of alkyl carbamates (subject to hydrolysis) is 1. The van der Waals surface area contributed by atoms with Gasteiger partial charge in [0, 0.05) is 6.42 Å². The maximum absolute atomic E-state index is 13.0. The lowest BCUT2D eigenvalue weighted by molar-refractivity contribution is -0.141. The van der Waals surface area contributed by atoms with Crippen LogP contribution in [0.1, 0.15) is 53.5 Å². The van der Waals surface area contributed by atoms with Crippen LogP contribution in [0.15, 0.2) is 30.3 Å². The van der Waals surface area contributed by atoms with E-state index in [4.69, 9.17) is 9.84 Å². The fraction of sp³-hybridized carbons (Fsp3) is 0.565. The van der Waals surface area contributed by atoms with E-state index in [2.05, 4.69) is 16.0 Å². The normalized spacial score (nSPS) is 14.1. The summed E-state index contributed by atoms with van der Waals surface area (Å²) in [5, 5.41) is 16.7. The standard InChI is InChI=1S/C23H35N3O6/c1-14(2)12-17(26-22(31)32-23(4,5)6)20(28)25-18(13-16-10-8-7-9-11-16)19(27)24-15(3)21(29)30/h7-11,14-15,17-18H,12-13H2,1-6H3,(H,24,27)(H,25,28)(H,26,31)(H,29,30)/t15-,17-,18-/m0/s1. The molecule has 0 saturated heterocycles. The molecule has 0 saturated carbocycles. The van der Waals surface area contributed by atoms with E-state index < -0.39 is 47.6 Å². The Bertz CT molecular complexity index is 789. The first kappa shape index (κ1) is 26.9. The predicted molar refractivity (Wildman–Crippen MR) is 120 cm³/mol. The van der Waals surface area contributed by atoms with Gasteiger partial charge in [-0.25, -0.2) is 4.79 Å². The largest absolute Gasteiger partial charge is 0.480 e. The molecule has 0 aromatic heterocycles. The molecule has 0 bridgehead atoms. The lowest BCUT2D eigenvalue weighted by Crippen LogP contribution is -2.56. The van der Waals surface area contributed by atoms with Gasteiger partial charge in [0.2, 0.25) is 11.8 Å². The summed E-state index contributed by atoms with van der Waals surface area (Å²) >= 11 is 0. The smallest absolute Gasteiger partial charge is 0.408 e. The number of ether oxygens (including phenoxy) is 1. The van der Waals surface area contributed by atoms with E-state index >= 15 is 0 Å². The van der Waals surface area contributed by atoms with Gasteiger partial charge in [0.05, 0.1) is 0 Å². The van der Waals surface area contributed by atoms with Gasteiger partial charge in [0.1, 0.15) is 23.7 Å².